The van der Waals surface area contributed by atoms with Crippen molar-refractivity contribution in [3.8, 4) is 0 Å². The molecule has 1 atom stereocenters. The van der Waals surface area contributed by atoms with Crippen molar-refractivity contribution in [3.63, 3.8) is 0 Å². The summed E-state index contributed by atoms with van der Waals surface area (Å²) in [6.07, 6.45) is -3.86. The van der Waals surface area contributed by atoms with Gasteiger partial charge in [-0.05, 0) is 6.42 Å². The topological polar surface area (TPSA) is 89.9 Å². The summed E-state index contributed by atoms with van der Waals surface area (Å²) in [5.74, 6) is -1.42. The molecule has 19 heavy (non-hydrogen) atoms. The van der Waals surface area contributed by atoms with Crippen LogP contribution in [-0.4, -0.2) is 59.0 Å². The number of carbonyl (C=O) groups is 2. The Labute approximate surface area is 106 Å². The molecule has 9 heteroatoms. The third-order valence-electron chi connectivity index (χ3n) is 2.64. The molecule has 0 bridgehead atoms. The standard InChI is InChI=1S/C10H13F3N2O4/c11-10(12,13)6-1-3-15(4-2-6)9(19)14-7(5-16)8(17)18/h1,7,16H,2-5H2,(H,14,19)(H,17,18)/t7-/m0/s1. The molecule has 3 N–H and O–H groups in total. The van der Waals surface area contributed by atoms with Crippen molar-refractivity contribution < 1.29 is 33.0 Å². The molecule has 0 fully saturated rings. The Hall–Kier alpha value is -1.77. The predicted octanol–water partition coefficient (Wildman–Crippen LogP) is 0.336. The summed E-state index contributed by atoms with van der Waals surface area (Å²) < 4.78 is 37.0. The summed E-state index contributed by atoms with van der Waals surface area (Å²) >= 11 is 0. The Bertz CT molecular complexity index is 395. The largest absolute Gasteiger partial charge is 0.480 e. The maximum atomic E-state index is 12.3. The van der Waals surface area contributed by atoms with Crippen LogP contribution in [0.1, 0.15) is 6.42 Å². The van der Waals surface area contributed by atoms with Crippen LogP contribution in [0.15, 0.2) is 11.6 Å². The van der Waals surface area contributed by atoms with Crippen LogP contribution in [-0.2, 0) is 4.79 Å². The van der Waals surface area contributed by atoms with Gasteiger partial charge in [-0.1, -0.05) is 6.08 Å². The van der Waals surface area contributed by atoms with E-state index < -0.39 is 36.4 Å². The molecule has 0 aliphatic carbocycles. The fourth-order valence-corrected chi connectivity index (χ4v) is 1.54. The van der Waals surface area contributed by atoms with E-state index in [-0.39, 0.29) is 19.5 Å². The Kier molecular flexibility index (Phi) is 4.76. The first-order chi connectivity index (χ1) is 8.75. The fraction of sp³-hybridized carbons (Fsp3) is 0.600. The molecule has 0 aromatic carbocycles. The lowest BCUT2D eigenvalue weighted by molar-refractivity contribution is -0.140. The molecule has 0 saturated carbocycles. The number of hydrogen-bond acceptors (Lipinski definition) is 3. The van der Waals surface area contributed by atoms with Gasteiger partial charge in [-0.2, -0.15) is 13.2 Å². The first-order valence-electron chi connectivity index (χ1n) is 5.41. The van der Waals surface area contributed by atoms with Gasteiger partial charge in [0.25, 0.3) is 0 Å². The number of carboxylic acid groups (broad SMARTS) is 1. The number of nitrogens with zero attached hydrogens (tertiary/aromatic N) is 1. The van der Waals surface area contributed by atoms with Gasteiger partial charge in [0.1, 0.15) is 0 Å². The number of aliphatic carboxylic acids is 1. The molecule has 0 aromatic rings. The van der Waals surface area contributed by atoms with Crippen molar-refractivity contribution in [1.82, 2.24) is 10.2 Å². The number of amides is 2. The van der Waals surface area contributed by atoms with E-state index in [0.29, 0.717) is 0 Å². The molecule has 1 aliphatic rings. The Morgan fingerprint density at radius 2 is 2.11 bits per heavy atom. The second-order valence-corrected chi connectivity index (χ2v) is 3.95. The number of aliphatic hydroxyl groups excluding tert-OH is 1. The normalized spacial score (nSPS) is 17.7. The zero-order valence-corrected chi connectivity index (χ0v) is 9.78. The third kappa shape index (κ3) is 4.12. The quantitative estimate of drug-likeness (QED) is 0.651. The van der Waals surface area contributed by atoms with Crippen molar-refractivity contribution in [3.05, 3.63) is 11.6 Å². The highest BCUT2D eigenvalue weighted by atomic mass is 19.4. The number of rotatable bonds is 3. The van der Waals surface area contributed by atoms with E-state index in [9.17, 15) is 22.8 Å². The number of nitrogens with one attached hydrogen (secondary N) is 1. The Balaban J connectivity index is 2.58. The average Bonchev–Trinajstić information content (AvgIpc) is 2.34. The van der Waals surface area contributed by atoms with Crippen molar-refractivity contribution >= 4 is 12.0 Å². The van der Waals surface area contributed by atoms with Gasteiger partial charge in [0.05, 0.1) is 6.61 Å². The van der Waals surface area contributed by atoms with Gasteiger partial charge in [-0.15, -0.1) is 0 Å². The molecule has 0 saturated heterocycles. The minimum Gasteiger partial charge on any atom is -0.480 e. The summed E-state index contributed by atoms with van der Waals surface area (Å²) in [6.45, 7) is -1.20. The number of aliphatic hydroxyl groups is 1. The fourth-order valence-electron chi connectivity index (χ4n) is 1.54. The van der Waals surface area contributed by atoms with Crippen LogP contribution < -0.4 is 5.32 Å². The van der Waals surface area contributed by atoms with E-state index in [1.54, 1.807) is 0 Å². The summed E-state index contributed by atoms with van der Waals surface area (Å²) in [5, 5.41) is 19.3. The second-order valence-electron chi connectivity index (χ2n) is 3.95. The summed E-state index contributed by atoms with van der Waals surface area (Å²) in [6, 6.07) is -2.29. The summed E-state index contributed by atoms with van der Waals surface area (Å²) in [5.41, 5.74) is -0.700. The van der Waals surface area contributed by atoms with Crippen LogP contribution >= 0.6 is 0 Å². The SMILES string of the molecule is O=C(O)[C@H](CO)NC(=O)N1CC=C(C(F)(F)F)CC1. The molecule has 1 aliphatic heterocycles. The number of urea groups is 1. The molecular weight excluding hydrogens is 269 g/mol. The molecule has 6 nitrogen and oxygen atoms in total. The highest BCUT2D eigenvalue weighted by Gasteiger charge is 2.35. The minimum absolute atomic E-state index is 0.158. The smallest absolute Gasteiger partial charge is 0.412 e. The lowest BCUT2D eigenvalue weighted by Crippen LogP contribution is -2.50. The van der Waals surface area contributed by atoms with Crippen molar-refractivity contribution in [1.29, 1.82) is 0 Å². The molecule has 1 rings (SSSR count). The molecule has 0 radical (unpaired) electrons. The number of alkyl halides is 3. The Morgan fingerprint density at radius 3 is 2.47 bits per heavy atom. The van der Waals surface area contributed by atoms with Gasteiger partial charge in [0.15, 0.2) is 6.04 Å². The maximum Gasteiger partial charge on any atom is 0.412 e. The number of carbonyl (C=O) groups excluding carboxylic acids is 1. The first kappa shape index (κ1) is 15.3. The third-order valence-corrected chi connectivity index (χ3v) is 2.64. The lowest BCUT2D eigenvalue weighted by Gasteiger charge is -2.28. The molecular formula is C10H13F3N2O4. The monoisotopic (exact) mass is 282 g/mol. The van der Waals surface area contributed by atoms with Gasteiger partial charge in [0, 0.05) is 18.7 Å². The maximum absolute atomic E-state index is 12.3. The van der Waals surface area contributed by atoms with Gasteiger partial charge in [0.2, 0.25) is 0 Å². The van der Waals surface area contributed by atoms with Crippen LogP contribution in [0, 0.1) is 0 Å². The number of carboxylic acids is 1. The van der Waals surface area contributed by atoms with E-state index in [1.807, 2.05) is 5.32 Å². The van der Waals surface area contributed by atoms with Crippen molar-refractivity contribution in [2.45, 2.75) is 18.6 Å². The summed E-state index contributed by atoms with van der Waals surface area (Å²) in [7, 11) is 0. The Morgan fingerprint density at radius 1 is 1.47 bits per heavy atom. The van der Waals surface area contributed by atoms with E-state index in [0.717, 1.165) is 11.0 Å². The predicted molar refractivity (Wildman–Crippen MR) is 57.4 cm³/mol. The van der Waals surface area contributed by atoms with Gasteiger partial charge in [-0.3, -0.25) is 0 Å². The van der Waals surface area contributed by atoms with Gasteiger partial charge in [-0.25, -0.2) is 9.59 Å². The van der Waals surface area contributed by atoms with Crippen LogP contribution in [0.5, 0.6) is 0 Å². The zero-order chi connectivity index (χ0) is 14.6. The van der Waals surface area contributed by atoms with Crippen molar-refractivity contribution in [2.75, 3.05) is 19.7 Å². The average molecular weight is 282 g/mol. The zero-order valence-electron chi connectivity index (χ0n) is 9.78. The van der Waals surface area contributed by atoms with Gasteiger partial charge >= 0.3 is 18.2 Å². The van der Waals surface area contributed by atoms with Crippen LogP contribution in [0.4, 0.5) is 18.0 Å². The molecule has 2 amide bonds. The van der Waals surface area contributed by atoms with Crippen LogP contribution in [0.3, 0.4) is 0 Å². The van der Waals surface area contributed by atoms with E-state index in [1.165, 1.54) is 0 Å². The molecule has 108 valence electrons. The highest BCUT2D eigenvalue weighted by Crippen LogP contribution is 2.30. The number of hydrogen-bond donors (Lipinski definition) is 3. The minimum atomic E-state index is -4.41. The second kappa shape index (κ2) is 5.91. The molecule has 1 heterocycles. The van der Waals surface area contributed by atoms with Gasteiger partial charge < -0.3 is 20.4 Å². The molecule has 0 unspecified atom stereocenters. The van der Waals surface area contributed by atoms with E-state index >= 15 is 0 Å². The van der Waals surface area contributed by atoms with Crippen molar-refractivity contribution in [2.24, 2.45) is 0 Å². The van der Waals surface area contributed by atoms with Crippen LogP contribution in [0.25, 0.3) is 0 Å². The first-order valence-corrected chi connectivity index (χ1v) is 5.41. The summed E-state index contributed by atoms with van der Waals surface area (Å²) in [4.78, 5) is 23.2. The van der Waals surface area contributed by atoms with E-state index in [4.69, 9.17) is 10.2 Å². The lowest BCUT2D eigenvalue weighted by atomic mass is 10.1. The van der Waals surface area contributed by atoms with E-state index in [2.05, 4.69) is 0 Å². The molecule has 0 spiro atoms. The van der Waals surface area contributed by atoms with Crippen LogP contribution in [0.2, 0.25) is 0 Å². The number of halogens is 3. The molecule has 0 aromatic heterocycles. The highest BCUT2D eigenvalue weighted by molar-refractivity contribution is 5.82.